The fraction of sp³-hybridized carbons (Fsp3) is 0.682. The van der Waals surface area contributed by atoms with Gasteiger partial charge in [0.15, 0.2) is 0 Å². The van der Waals surface area contributed by atoms with Gasteiger partial charge in [-0.25, -0.2) is 0 Å². The van der Waals surface area contributed by atoms with Gasteiger partial charge in [-0.15, -0.1) is 0 Å². The van der Waals surface area contributed by atoms with Crippen LogP contribution in [0.3, 0.4) is 0 Å². The minimum absolute atomic E-state index is 0.322. The summed E-state index contributed by atoms with van der Waals surface area (Å²) in [4.78, 5) is 17.2. The third-order valence-electron chi connectivity index (χ3n) is 6.60. The standard InChI is InChI=1S/C22H30Cl2N2OS/c23-18-6-7-21(24)17(13-18)12-16-8-10-25(11-9-16)14-20-15-26(22(27)28-20)19-4-2-1-3-5-19/h6-7,13,16,19-20H,1-5,8-12,14-15H2. The van der Waals surface area contributed by atoms with E-state index in [1.807, 2.05) is 18.2 Å². The zero-order valence-electron chi connectivity index (χ0n) is 16.4. The summed E-state index contributed by atoms with van der Waals surface area (Å²) < 4.78 is 0. The van der Waals surface area contributed by atoms with E-state index in [-0.39, 0.29) is 0 Å². The molecule has 2 saturated heterocycles. The van der Waals surface area contributed by atoms with Gasteiger partial charge in [0, 0.05) is 34.4 Å². The predicted octanol–water partition coefficient (Wildman–Crippen LogP) is 6.12. The monoisotopic (exact) mass is 440 g/mol. The van der Waals surface area contributed by atoms with Crippen molar-refractivity contribution in [2.75, 3.05) is 26.2 Å². The lowest BCUT2D eigenvalue weighted by atomic mass is 9.90. The van der Waals surface area contributed by atoms with E-state index < -0.39 is 0 Å². The van der Waals surface area contributed by atoms with Crippen LogP contribution in [-0.4, -0.2) is 52.5 Å². The molecule has 0 radical (unpaired) electrons. The fourth-order valence-corrected chi connectivity index (χ4v) is 6.55. The lowest BCUT2D eigenvalue weighted by Gasteiger charge is -2.34. The Kier molecular flexibility index (Phi) is 7.14. The van der Waals surface area contributed by atoms with Crippen molar-refractivity contribution in [2.45, 2.75) is 62.7 Å². The van der Waals surface area contributed by atoms with E-state index in [2.05, 4.69) is 9.80 Å². The summed E-state index contributed by atoms with van der Waals surface area (Å²) in [6.45, 7) is 4.24. The summed E-state index contributed by atoms with van der Waals surface area (Å²) in [6.07, 6.45) is 9.72. The molecule has 154 valence electrons. The molecule has 1 saturated carbocycles. The average Bonchev–Trinajstić information content (AvgIpc) is 3.07. The van der Waals surface area contributed by atoms with Crippen LogP contribution in [0.5, 0.6) is 0 Å². The number of benzene rings is 1. The Morgan fingerprint density at radius 3 is 2.54 bits per heavy atom. The zero-order valence-corrected chi connectivity index (χ0v) is 18.7. The van der Waals surface area contributed by atoms with E-state index in [4.69, 9.17) is 23.2 Å². The van der Waals surface area contributed by atoms with Crippen molar-refractivity contribution in [3.63, 3.8) is 0 Å². The van der Waals surface area contributed by atoms with Crippen LogP contribution in [0.15, 0.2) is 18.2 Å². The summed E-state index contributed by atoms with van der Waals surface area (Å²) >= 11 is 14.1. The van der Waals surface area contributed by atoms with Crippen LogP contribution in [0.2, 0.25) is 10.0 Å². The number of thioether (sulfide) groups is 1. The largest absolute Gasteiger partial charge is 0.329 e. The van der Waals surface area contributed by atoms with Gasteiger partial charge in [-0.05, 0) is 74.9 Å². The first kappa shape index (κ1) is 20.8. The number of likely N-dealkylation sites (tertiary alicyclic amines) is 1. The van der Waals surface area contributed by atoms with E-state index >= 15 is 0 Å². The third kappa shape index (κ3) is 5.19. The van der Waals surface area contributed by atoms with Crippen molar-refractivity contribution >= 4 is 40.2 Å². The summed E-state index contributed by atoms with van der Waals surface area (Å²) in [5, 5.41) is 2.36. The second kappa shape index (κ2) is 9.59. The van der Waals surface area contributed by atoms with Gasteiger partial charge in [0.1, 0.15) is 0 Å². The highest BCUT2D eigenvalue weighted by atomic mass is 35.5. The number of piperidine rings is 1. The molecule has 1 atom stereocenters. The van der Waals surface area contributed by atoms with E-state index in [0.717, 1.165) is 42.6 Å². The number of carbonyl (C=O) groups is 1. The minimum Gasteiger partial charge on any atom is -0.329 e. The highest BCUT2D eigenvalue weighted by molar-refractivity contribution is 8.14. The number of halogens is 2. The summed E-state index contributed by atoms with van der Waals surface area (Å²) in [6, 6.07) is 6.28. The molecule has 1 aromatic rings. The molecular formula is C22H30Cl2N2OS. The van der Waals surface area contributed by atoms with Crippen LogP contribution in [0.1, 0.15) is 50.5 Å². The van der Waals surface area contributed by atoms with E-state index in [1.54, 1.807) is 11.8 Å². The molecule has 1 amide bonds. The predicted molar refractivity (Wildman–Crippen MR) is 120 cm³/mol. The molecular weight excluding hydrogens is 411 g/mol. The Morgan fingerprint density at radius 1 is 1.04 bits per heavy atom. The van der Waals surface area contributed by atoms with Crippen LogP contribution in [0, 0.1) is 5.92 Å². The number of hydrogen-bond donors (Lipinski definition) is 0. The van der Waals surface area contributed by atoms with Crippen LogP contribution >= 0.6 is 35.0 Å². The maximum Gasteiger partial charge on any atom is 0.282 e. The SMILES string of the molecule is O=C1SC(CN2CCC(Cc3cc(Cl)ccc3Cl)CC2)CN1C1CCCCC1. The molecule has 4 rings (SSSR count). The van der Waals surface area contributed by atoms with Gasteiger partial charge >= 0.3 is 0 Å². The topological polar surface area (TPSA) is 23.6 Å². The molecule has 1 unspecified atom stereocenters. The van der Waals surface area contributed by atoms with E-state index in [1.165, 1.54) is 50.5 Å². The highest BCUT2D eigenvalue weighted by Gasteiger charge is 2.36. The van der Waals surface area contributed by atoms with Crippen LogP contribution < -0.4 is 0 Å². The smallest absolute Gasteiger partial charge is 0.282 e. The maximum atomic E-state index is 12.5. The van der Waals surface area contributed by atoms with Gasteiger partial charge in [0.2, 0.25) is 0 Å². The van der Waals surface area contributed by atoms with Gasteiger partial charge < -0.3 is 9.80 Å². The molecule has 0 spiro atoms. The molecule has 28 heavy (non-hydrogen) atoms. The number of hydrogen-bond acceptors (Lipinski definition) is 3. The normalized spacial score (nSPS) is 25.6. The van der Waals surface area contributed by atoms with Gasteiger partial charge in [-0.3, -0.25) is 4.79 Å². The molecule has 6 heteroatoms. The second-order valence-corrected chi connectivity index (χ2v) is 10.7. The average molecular weight is 441 g/mol. The molecule has 3 aliphatic rings. The van der Waals surface area contributed by atoms with Gasteiger partial charge in [-0.1, -0.05) is 54.2 Å². The fourth-order valence-electron chi connectivity index (χ4n) is 5.00. The number of amides is 1. The van der Waals surface area contributed by atoms with Crippen molar-refractivity contribution < 1.29 is 4.79 Å². The first-order chi connectivity index (χ1) is 13.6. The second-order valence-electron chi connectivity index (χ2n) is 8.63. The zero-order chi connectivity index (χ0) is 19.5. The molecule has 1 aromatic carbocycles. The highest BCUT2D eigenvalue weighted by Crippen LogP contribution is 2.34. The molecule has 0 N–H and O–H groups in total. The van der Waals surface area contributed by atoms with Gasteiger partial charge in [0.25, 0.3) is 5.24 Å². The first-order valence-corrected chi connectivity index (χ1v) is 12.4. The molecule has 2 heterocycles. The molecule has 0 aromatic heterocycles. The van der Waals surface area contributed by atoms with Gasteiger partial charge in [0.05, 0.1) is 0 Å². The molecule has 3 nitrogen and oxygen atoms in total. The van der Waals surface area contributed by atoms with Gasteiger partial charge in [-0.2, -0.15) is 0 Å². The quantitative estimate of drug-likeness (QED) is 0.550. The summed E-state index contributed by atoms with van der Waals surface area (Å²) in [7, 11) is 0. The van der Waals surface area contributed by atoms with Crippen molar-refractivity contribution in [3.05, 3.63) is 33.8 Å². The molecule has 1 aliphatic carbocycles. The number of carbonyl (C=O) groups excluding carboxylic acids is 1. The lowest BCUT2D eigenvalue weighted by Crippen LogP contribution is -2.41. The summed E-state index contributed by atoms with van der Waals surface area (Å²) in [5.41, 5.74) is 1.17. The Bertz CT molecular complexity index is 687. The van der Waals surface area contributed by atoms with E-state index in [0.29, 0.717) is 22.4 Å². The molecule has 2 aliphatic heterocycles. The van der Waals surface area contributed by atoms with Crippen molar-refractivity contribution in [3.8, 4) is 0 Å². The molecule has 0 bridgehead atoms. The Balaban J connectivity index is 1.23. The number of rotatable bonds is 5. The van der Waals surface area contributed by atoms with Crippen LogP contribution in [-0.2, 0) is 6.42 Å². The lowest BCUT2D eigenvalue weighted by molar-refractivity contribution is 0.164. The third-order valence-corrected chi connectivity index (χ3v) is 8.27. The van der Waals surface area contributed by atoms with Crippen molar-refractivity contribution in [2.24, 2.45) is 5.92 Å². The Labute approximate surface area is 183 Å². The Hall–Kier alpha value is -0.420. The van der Waals surface area contributed by atoms with Crippen LogP contribution in [0.25, 0.3) is 0 Å². The van der Waals surface area contributed by atoms with Crippen LogP contribution in [0.4, 0.5) is 4.79 Å². The van der Waals surface area contributed by atoms with Crippen molar-refractivity contribution in [1.29, 1.82) is 0 Å². The minimum atomic E-state index is 0.322. The summed E-state index contributed by atoms with van der Waals surface area (Å²) in [5.74, 6) is 0.670. The van der Waals surface area contributed by atoms with E-state index in [9.17, 15) is 4.79 Å². The molecule has 3 fully saturated rings. The first-order valence-electron chi connectivity index (χ1n) is 10.7. The maximum absolute atomic E-state index is 12.5. The number of nitrogens with zero attached hydrogens (tertiary/aromatic N) is 2. The Morgan fingerprint density at radius 2 is 1.79 bits per heavy atom. The van der Waals surface area contributed by atoms with Crippen molar-refractivity contribution in [1.82, 2.24) is 9.80 Å².